The zero-order valence-electron chi connectivity index (χ0n) is 21.5. The van der Waals surface area contributed by atoms with E-state index in [1.807, 2.05) is 81.8 Å². The Bertz CT molecular complexity index is 1160. The Balaban J connectivity index is 1.66. The van der Waals surface area contributed by atoms with Crippen LogP contribution in [0.3, 0.4) is 0 Å². The summed E-state index contributed by atoms with van der Waals surface area (Å²) in [5.41, 5.74) is 8.30. The van der Waals surface area contributed by atoms with Crippen LogP contribution >= 0.6 is 0 Å². The van der Waals surface area contributed by atoms with Crippen LogP contribution in [0, 0.1) is 24.7 Å². The summed E-state index contributed by atoms with van der Waals surface area (Å²) in [6.45, 7) is 9.19. The van der Waals surface area contributed by atoms with Crippen LogP contribution in [0.2, 0.25) is 0 Å². The average Bonchev–Trinajstić information content (AvgIpc) is 3.37. The molecule has 1 aromatic heterocycles. The van der Waals surface area contributed by atoms with E-state index in [4.69, 9.17) is 10.5 Å². The number of nitrogens with one attached hydrogen (secondary N) is 1. The number of aliphatic hydroxyl groups is 1. The van der Waals surface area contributed by atoms with Crippen molar-refractivity contribution in [1.29, 1.82) is 0 Å². The third-order valence-electron chi connectivity index (χ3n) is 5.92. The molecule has 2 aromatic carbocycles. The van der Waals surface area contributed by atoms with Crippen molar-refractivity contribution in [2.45, 2.75) is 46.0 Å². The van der Waals surface area contributed by atoms with E-state index in [-0.39, 0.29) is 24.9 Å². The highest BCUT2D eigenvalue weighted by molar-refractivity contribution is 5.92. The van der Waals surface area contributed by atoms with Crippen LogP contribution in [0.25, 0.3) is 11.1 Å². The minimum absolute atomic E-state index is 0.0648. The number of esters is 1. The van der Waals surface area contributed by atoms with Gasteiger partial charge < -0.3 is 20.9 Å². The van der Waals surface area contributed by atoms with Gasteiger partial charge in [-0.25, -0.2) is 4.68 Å². The zero-order valence-corrected chi connectivity index (χ0v) is 21.5. The fourth-order valence-electron chi connectivity index (χ4n) is 3.60. The Hall–Kier alpha value is -3.56. The SMILES string of the molecule is [CH2]C(C)(CO)C[C@@H]([CH]c1ccc(-c2ccccc2)cc1)NC(=O)c1cn(COC(=O)[C@@H](N)C(C)C)nn1. The van der Waals surface area contributed by atoms with Crippen LogP contribution in [0.4, 0.5) is 0 Å². The largest absolute Gasteiger partial charge is 0.441 e. The van der Waals surface area contributed by atoms with E-state index in [9.17, 15) is 14.7 Å². The van der Waals surface area contributed by atoms with Gasteiger partial charge in [0, 0.05) is 19.1 Å². The standard InChI is InChI=1S/C28H35N5O4/c1-19(2)25(29)27(36)37-18-33-16-24(31-32-33)26(35)30-23(15-28(3,4)17-34)14-20-10-12-22(13-11-20)21-8-6-5-7-9-21/h5-14,16,19,23,25,34H,3,15,17-18,29H2,1-2,4H3,(H,30,35)/t23-,25+,28?/m1/s1. The van der Waals surface area contributed by atoms with Gasteiger partial charge in [-0.15, -0.1) is 5.10 Å². The van der Waals surface area contributed by atoms with Gasteiger partial charge in [-0.2, -0.15) is 0 Å². The molecule has 0 saturated heterocycles. The monoisotopic (exact) mass is 505 g/mol. The number of amides is 1. The van der Waals surface area contributed by atoms with Crippen molar-refractivity contribution in [3.05, 3.63) is 85.4 Å². The highest BCUT2D eigenvalue weighted by Crippen LogP contribution is 2.25. The number of rotatable bonds is 12. The second-order valence-corrected chi connectivity index (χ2v) is 9.91. The van der Waals surface area contributed by atoms with E-state index in [2.05, 4.69) is 22.6 Å². The molecule has 9 nitrogen and oxygen atoms in total. The number of nitrogens with two attached hydrogens (primary N) is 1. The highest BCUT2D eigenvalue weighted by Gasteiger charge is 2.26. The Kier molecular flexibility index (Phi) is 9.54. The number of carbonyl (C=O) groups is 2. The molecular formula is C28H35N5O4. The van der Waals surface area contributed by atoms with Crippen molar-refractivity contribution in [3.8, 4) is 11.1 Å². The molecule has 1 heterocycles. The van der Waals surface area contributed by atoms with Crippen LogP contribution in [-0.4, -0.2) is 50.7 Å². The number of nitrogens with zero attached hydrogens (tertiary/aromatic N) is 3. The molecule has 196 valence electrons. The summed E-state index contributed by atoms with van der Waals surface area (Å²) in [6, 6.07) is 16.9. The Labute approximate surface area is 218 Å². The van der Waals surface area contributed by atoms with E-state index in [0.29, 0.717) is 6.42 Å². The van der Waals surface area contributed by atoms with Crippen molar-refractivity contribution in [2.24, 2.45) is 17.1 Å². The molecule has 0 fully saturated rings. The first-order valence-electron chi connectivity index (χ1n) is 12.2. The summed E-state index contributed by atoms with van der Waals surface area (Å²) in [5, 5.41) is 20.4. The Morgan fingerprint density at radius 3 is 2.43 bits per heavy atom. The third-order valence-corrected chi connectivity index (χ3v) is 5.92. The molecule has 3 atom stereocenters. The fraction of sp³-hybridized carbons (Fsp3) is 0.357. The van der Waals surface area contributed by atoms with Crippen LogP contribution in [0.5, 0.6) is 0 Å². The van der Waals surface area contributed by atoms with Gasteiger partial charge in [0.25, 0.3) is 5.91 Å². The molecule has 0 spiro atoms. The maximum atomic E-state index is 12.9. The lowest BCUT2D eigenvalue weighted by Crippen LogP contribution is -2.39. The van der Waals surface area contributed by atoms with E-state index >= 15 is 0 Å². The molecule has 1 amide bonds. The summed E-state index contributed by atoms with van der Waals surface area (Å²) in [5.74, 6) is -1.07. The summed E-state index contributed by atoms with van der Waals surface area (Å²) in [4.78, 5) is 24.9. The summed E-state index contributed by atoms with van der Waals surface area (Å²) >= 11 is 0. The molecular weight excluding hydrogens is 470 g/mol. The number of aromatic nitrogens is 3. The number of ether oxygens (including phenoxy) is 1. The quantitative estimate of drug-likeness (QED) is 0.322. The maximum absolute atomic E-state index is 12.9. The third kappa shape index (κ3) is 8.23. The van der Waals surface area contributed by atoms with Crippen LogP contribution in [0.1, 0.15) is 43.2 Å². The molecule has 1 unspecified atom stereocenters. The predicted molar refractivity (Wildman–Crippen MR) is 141 cm³/mol. The van der Waals surface area contributed by atoms with Crippen molar-refractivity contribution < 1.29 is 19.4 Å². The van der Waals surface area contributed by atoms with E-state index in [0.717, 1.165) is 16.7 Å². The predicted octanol–water partition coefficient (Wildman–Crippen LogP) is 3.00. The number of hydrogen-bond acceptors (Lipinski definition) is 7. The van der Waals surface area contributed by atoms with Gasteiger partial charge in [-0.05, 0) is 41.4 Å². The molecule has 0 aliphatic carbocycles. The molecule has 0 saturated carbocycles. The first-order chi connectivity index (χ1) is 17.6. The van der Waals surface area contributed by atoms with Gasteiger partial charge in [0.1, 0.15) is 6.04 Å². The van der Waals surface area contributed by atoms with Crippen molar-refractivity contribution in [2.75, 3.05) is 6.61 Å². The highest BCUT2D eigenvalue weighted by atomic mass is 16.5. The minimum atomic E-state index is -0.743. The summed E-state index contributed by atoms with van der Waals surface area (Å²) in [7, 11) is 0. The molecule has 0 aliphatic rings. The molecule has 0 bridgehead atoms. The number of carbonyl (C=O) groups excluding carboxylic acids is 2. The average molecular weight is 506 g/mol. The van der Waals surface area contributed by atoms with E-state index in [1.165, 1.54) is 10.9 Å². The maximum Gasteiger partial charge on any atom is 0.324 e. The van der Waals surface area contributed by atoms with Crippen LogP contribution in [-0.2, 0) is 16.3 Å². The molecule has 0 aliphatic heterocycles. The fourth-order valence-corrected chi connectivity index (χ4v) is 3.60. The van der Waals surface area contributed by atoms with Gasteiger partial charge in [0.15, 0.2) is 12.4 Å². The summed E-state index contributed by atoms with van der Waals surface area (Å²) < 4.78 is 6.40. The smallest absolute Gasteiger partial charge is 0.324 e. The van der Waals surface area contributed by atoms with Crippen molar-refractivity contribution in [1.82, 2.24) is 20.3 Å². The second-order valence-electron chi connectivity index (χ2n) is 9.91. The lowest BCUT2D eigenvalue weighted by Gasteiger charge is -2.28. The first-order valence-corrected chi connectivity index (χ1v) is 12.2. The lowest BCUT2D eigenvalue weighted by atomic mass is 9.84. The molecule has 2 radical (unpaired) electrons. The van der Waals surface area contributed by atoms with Gasteiger partial charge in [0.05, 0.1) is 6.20 Å². The van der Waals surface area contributed by atoms with Gasteiger partial charge in [0.2, 0.25) is 0 Å². The van der Waals surface area contributed by atoms with Gasteiger partial charge >= 0.3 is 5.97 Å². The zero-order chi connectivity index (χ0) is 27.0. The van der Waals surface area contributed by atoms with Crippen LogP contribution in [0.15, 0.2) is 60.8 Å². The number of aliphatic hydroxyl groups excluding tert-OH is 1. The summed E-state index contributed by atoms with van der Waals surface area (Å²) in [6.07, 6.45) is 3.71. The number of hydrogen-bond donors (Lipinski definition) is 3. The molecule has 3 rings (SSSR count). The Morgan fingerprint density at radius 2 is 1.81 bits per heavy atom. The molecule has 3 aromatic rings. The van der Waals surface area contributed by atoms with E-state index < -0.39 is 29.4 Å². The first kappa shape index (κ1) is 28.0. The molecule has 4 N–H and O–H groups in total. The molecule has 9 heteroatoms. The van der Waals surface area contributed by atoms with Gasteiger partial charge in [-0.3, -0.25) is 9.59 Å². The normalized spacial score (nSPS) is 13.3. The molecule has 37 heavy (non-hydrogen) atoms. The van der Waals surface area contributed by atoms with E-state index in [1.54, 1.807) is 0 Å². The van der Waals surface area contributed by atoms with Gasteiger partial charge in [-0.1, -0.05) is 80.6 Å². The van der Waals surface area contributed by atoms with Crippen molar-refractivity contribution >= 4 is 11.9 Å². The lowest BCUT2D eigenvalue weighted by molar-refractivity contribution is -0.150. The second kappa shape index (κ2) is 12.6. The number of benzene rings is 2. The van der Waals surface area contributed by atoms with Crippen LogP contribution < -0.4 is 11.1 Å². The minimum Gasteiger partial charge on any atom is -0.441 e. The van der Waals surface area contributed by atoms with Crippen molar-refractivity contribution in [3.63, 3.8) is 0 Å². The topological polar surface area (TPSA) is 132 Å². The Morgan fingerprint density at radius 1 is 1.16 bits per heavy atom.